The molecule has 0 heterocycles. The molecular weight excluding hydrogens is 322 g/mol. The molecule has 0 fully saturated rings. The van der Waals surface area contributed by atoms with Gasteiger partial charge in [-0.05, 0) is 35.6 Å². The van der Waals surface area contributed by atoms with E-state index in [0.29, 0.717) is 0 Å². The molecule has 0 spiro atoms. The van der Waals surface area contributed by atoms with Gasteiger partial charge in [-0.2, -0.15) is 0 Å². The second kappa shape index (κ2) is 8.72. The molecule has 2 N–H and O–H groups in total. The summed E-state index contributed by atoms with van der Waals surface area (Å²) in [7, 11) is 0. The SMILES string of the molecule is CCc1ccc([C@H](NCC(=O)Nc2cc(F)ccc2F)C(C)C)cc1. The highest BCUT2D eigenvalue weighted by atomic mass is 19.1. The summed E-state index contributed by atoms with van der Waals surface area (Å²) < 4.78 is 26.8. The highest BCUT2D eigenvalue weighted by molar-refractivity contribution is 5.92. The molecule has 0 radical (unpaired) electrons. The number of amides is 1. The summed E-state index contributed by atoms with van der Waals surface area (Å²) in [6.07, 6.45) is 0.974. The lowest BCUT2D eigenvalue weighted by Gasteiger charge is -2.23. The van der Waals surface area contributed by atoms with Crippen LogP contribution in [0.3, 0.4) is 0 Å². The van der Waals surface area contributed by atoms with Crippen molar-refractivity contribution in [3.63, 3.8) is 0 Å². The van der Waals surface area contributed by atoms with Crippen LogP contribution in [0.4, 0.5) is 14.5 Å². The lowest BCUT2D eigenvalue weighted by atomic mass is 9.95. The van der Waals surface area contributed by atoms with Gasteiger partial charge in [0.1, 0.15) is 11.6 Å². The molecule has 3 nitrogen and oxygen atoms in total. The van der Waals surface area contributed by atoms with Crippen molar-refractivity contribution in [2.24, 2.45) is 5.92 Å². The summed E-state index contributed by atoms with van der Waals surface area (Å²) in [6.45, 7) is 6.24. The molecule has 0 aliphatic rings. The highest BCUT2D eigenvalue weighted by Crippen LogP contribution is 2.22. The number of hydrogen-bond donors (Lipinski definition) is 2. The maximum atomic E-state index is 13.6. The number of carbonyl (C=O) groups excluding carboxylic acids is 1. The van der Waals surface area contributed by atoms with E-state index in [4.69, 9.17) is 0 Å². The van der Waals surface area contributed by atoms with E-state index >= 15 is 0 Å². The van der Waals surface area contributed by atoms with Gasteiger partial charge in [0.25, 0.3) is 0 Å². The molecule has 0 unspecified atom stereocenters. The third kappa shape index (κ3) is 5.36. The molecule has 25 heavy (non-hydrogen) atoms. The van der Waals surface area contributed by atoms with E-state index in [1.54, 1.807) is 0 Å². The van der Waals surface area contributed by atoms with Gasteiger partial charge in [-0.25, -0.2) is 8.78 Å². The molecule has 0 saturated carbocycles. The maximum Gasteiger partial charge on any atom is 0.238 e. The van der Waals surface area contributed by atoms with Gasteiger partial charge in [-0.15, -0.1) is 0 Å². The number of halogens is 2. The van der Waals surface area contributed by atoms with Crippen LogP contribution in [-0.2, 0) is 11.2 Å². The first-order chi connectivity index (χ1) is 11.9. The molecule has 0 aliphatic heterocycles. The molecule has 1 amide bonds. The summed E-state index contributed by atoms with van der Waals surface area (Å²) in [6, 6.07) is 11.2. The lowest BCUT2D eigenvalue weighted by molar-refractivity contribution is -0.115. The average molecular weight is 346 g/mol. The van der Waals surface area contributed by atoms with Gasteiger partial charge < -0.3 is 10.6 Å². The third-order valence-corrected chi connectivity index (χ3v) is 4.10. The van der Waals surface area contributed by atoms with Crippen LogP contribution in [0.1, 0.15) is 37.9 Å². The predicted octanol–water partition coefficient (Wildman–Crippen LogP) is 4.45. The lowest BCUT2D eigenvalue weighted by Crippen LogP contribution is -2.33. The number of hydrogen-bond acceptors (Lipinski definition) is 2. The summed E-state index contributed by atoms with van der Waals surface area (Å²) in [4.78, 5) is 12.1. The maximum absolute atomic E-state index is 13.6. The molecule has 0 saturated heterocycles. The smallest absolute Gasteiger partial charge is 0.238 e. The Hall–Kier alpha value is -2.27. The molecule has 2 aromatic rings. The Bertz CT molecular complexity index is 714. The van der Waals surface area contributed by atoms with Crippen molar-refractivity contribution in [3.05, 3.63) is 65.2 Å². The highest BCUT2D eigenvalue weighted by Gasteiger charge is 2.17. The fourth-order valence-corrected chi connectivity index (χ4v) is 2.69. The molecular formula is C20H24F2N2O. The first kappa shape index (κ1) is 19.1. The topological polar surface area (TPSA) is 41.1 Å². The Balaban J connectivity index is 2.00. The fourth-order valence-electron chi connectivity index (χ4n) is 2.69. The van der Waals surface area contributed by atoms with Crippen molar-refractivity contribution in [1.29, 1.82) is 0 Å². The Kier molecular flexibility index (Phi) is 6.65. The molecule has 2 rings (SSSR count). The van der Waals surface area contributed by atoms with E-state index < -0.39 is 17.5 Å². The van der Waals surface area contributed by atoms with Crippen LogP contribution in [0.15, 0.2) is 42.5 Å². The standard InChI is InChI=1S/C20H24F2N2O/c1-4-14-5-7-15(8-6-14)20(13(2)3)23-12-19(25)24-18-11-16(21)9-10-17(18)22/h5-11,13,20,23H,4,12H2,1-3H3,(H,24,25)/t20-/m1/s1. The first-order valence-electron chi connectivity index (χ1n) is 8.47. The minimum Gasteiger partial charge on any atom is -0.322 e. The van der Waals surface area contributed by atoms with Gasteiger partial charge in [0.05, 0.1) is 12.2 Å². The van der Waals surface area contributed by atoms with Crippen LogP contribution >= 0.6 is 0 Å². The first-order valence-corrected chi connectivity index (χ1v) is 8.47. The van der Waals surface area contributed by atoms with Gasteiger partial charge in [0.15, 0.2) is 0 Å². The molecule has 0 aromatic heterocycles. The number of carbonyl (C=O) groups is 1. The zero-order valence-corrected chi connectivity index (χ0v) is 14.8. The van der Waals surface area contributed by atoms with Gasteiger partial charge in [0.2, 0.25) is 5.91 Å². The Morgan fingerprint density at radius 2 is 1.76 bits per heavy atom. The van der Waals surface area contributed by atoms with Crippen LogP contribution in [0.25, 0.3) is 0 Å². The van der Waals surface area contributed by atoms with Crippen LogP contribution < -0.4 is 10.6 Å². The van der Waals surface area contributed by atoms with Crippen molar-refractivity contribution in [1.82, 2.24) is 5.32 Å². The molecule has 0 aliphatic carbocycles. The van der Waals surface area contributed by atoms with Crippen molar-refractivity contribution < 1.29 is 13.6 Å². The van der Waals surface area contributed by atoms with E-state index in [1.807, 2.05) is 0 Å². The zero-order valence-electron chi connectivity index (χ0n) is 14.8. The molecule has 1 atom stereocenters. The Morgan fingerprint density at radius 3 is 2.36 bits per heavy atom. The van der Waals surface area contributed by atoms with Gasteiger partial charge >= 0.3 is 0 Å². The van der Waals surface area contributed by atoms with Crippen LogP contribution in [0.5, 0.6) is 0 Å². The summed E-state index contributed by atoms with van der Waals surface area (Å²) in [5.74, 6) is -1.41. The number of anilines is 1. The minimum absolute atomic E-state index is 0.00554. The Labute approximate surface area is 147 Å². The average Bonchev–Trinajstić information content (AvgIpc) is 2.58. The largest absolute Gasteiger partial charge is 0.322 e. The van der Waals surface area contributed by atoms with E-state index in [9.17, 15) is 13.6 Å². The number of aryl methyl sites for hydroxylation is 1. The molecule has 5 heteroatoms. The van der Waals surface area contributed by atoms with Crippen LogP contribution in [0, 0.1) is 17.6 Å². The number of rotatable bonds is 7. The quantitative estimate of drug-likeness (QED) is 0.777. The van der Waals surface area contributed by atoms with Crippen molar-refractivity contribution in [2.45, 2.75) is 33.2 Å². The molecule has 0 bridgehead atoms. The fraction of sp³-hybridized carbons (Fsp3) is 0.350. The second-order valence-corrected chi connectivity index (χ2v) is 6.37. The van der Waals surface area contributed by atoms with Crippen LogP contribution in [0.2, 0.25) is 0 Å². The zero-order chi connectivity index (χ0) is 18.4. The summed E-state index contributed by atoms with van der Waals surface area (Å²) >= 11 is 0. The van der Waals surface area contributed by atoms with E-state index in [0.717, 1.165) is 30.2 Å². The van der Waals surface area contributed by atoms with Crippen molar-refractivity contribution >= 4 is 11.6 Å². The minimum atomic E-state index is -0.662. The Morgan fingerprint density at radius 1 is 1.08 bits per heavy atom. The predicted molar refractivity (Wildman–Crippen MR) is 96.4 cm³/mol. The molecule has 2 aromatic carbocycles. The second-order valence-electron chi connectivity index (χ2n) is 6.37. The third-order valence-electron chi connectivity index (χ3n) is 4.10. The number of benzene rings is 2. The van der Waals surface area contributed by atoms with Gasteiger partial charge in [0, 0.05) is 12.1 Å². The summed E-state index contributed by atoms with van der Waals surface area (Å²) in [5.41, 5.74) is 2.20. The van der Waals surface area contributed by atoms with E-state index in [-0.39, 0.29) is 24.2 Å². The molecule has 134 valence electrons. The monoisotopic (exact) mass is 346 g/mol. The van der Waals surface area contributed by atoms with Crippen molar-refractivity contribution in [2.75, 3.05) is 11.9 Å². The van der Waals surface area contributed by atoms with Gasteiger partial charge in [-0.3, -0.25) is 4.79 Å². The van der Waals surface area contributed by atoms with Crippen LogP contribution in [-0.4, -0.2) is 12.5 Å². The van der Waals surface area contributed by atoms with E-state index in [1.165, 1.54) is 5.56 Å². The normalized spacial score (nSPS) is 12.2. The van der Waals surface area contributed by atoms with Crippen molar-refractivity contribution in [3.8, 4) is 0 Å². The summed E-state index contributed by atoms with van der Waals surface area (Å²) in [5, 5.41) is 5.60. The van der Waals surface area contributed by atoms with Gasteiger partial charge in [-0.1, -0.05) is 45.0 Å². The van der Waals surface area contributed by atoms with E-state index in [2.05, 4.69) is 55.7 Å². The number of nitrogens with one attached hydrogen (secondary N) is 2.